The second kappa shape index (κ2) is 4.72. The van der Waals surface area contributed by atoms with Crippen LogP contribution in [0, 0.1) is 0 Å². The molecule has 1 aromatic carbocycles. The lowest BCUT2D eigenvalue weighted by Crippen LogP contribution is -2.14. The Hall–Kier alpha value is -0.940. The fourth-order valence-corrected chi connectivity index (χ4v) is 1.17. The summed E-state index contributed by atoms with van der Waals surface area (Å²) >= 11 is 0. The second-order valence-corrected chi connectivity index (χ2v) is 3.35. The molecule has 1 aromatic rings. The van der Waals surface area contributed by atoms with E-state index >= 15 is 0 Å². The summed E-state index contributed by atoms with van der Waals surface area (Å²) in [6.45, 7) is 2.62. The van der Waals surface area contributed by atoms with Gasteiger partial charge in [0.25, 0.3) is 0 Å². The Morgan fingerprint density at radius 3 is 2.53 bits per heavy atom. The van der Waals surface area contributed by atoms with E-state index in [1.165, 1.54) is 0 Å². The molecule has 1 saturated heterocycles. The van der Waals surface area contributed by atoms with E-state index < -0.39 is 5.97 Å². The van der Waals surface area contributed by atoms with Gasteiger partial charge >= 0.3 is 5.97 Å². The molecule has 0 N–H and O–H groups in total. The summed E-state index contributed by atoms with van der Waals surface area (Å²) in [5.74, 6) is -1.13. The molecular formula is C11H14O4. The number of unbranched alkanes of at least 4 members (excludes halogenated alkanes) is 1. The average molecular weight is 210 g/mol. The number of hydrogen-bond donors (Lipinski definition) is 0. The van der Waals surface area contributed by atoms with Crippen LogP contribution in [-0.4, -0.2) is 6.61 Å². The molecule has 0 bridgehead atoms. The van der Waals surface area contributed by atoms with E-state index in [1.807, 2.05) is 30.3 Å². The van der Waals surface area contributed by atoms with Crippen LogP contribution >= 0.6 is 0 Å². The molecule has 1 heterocycles. The first kappa shape index (κ1) is 10.6. The summed E-state index contributed by atoms with van der Waals surface area (Å²) in [5, 5.41) is 0. The fourth-order valence-electron chi connectivity index (χ4n) is 1.17. The topological polar surface area (TPSA) is 43.5 Å². The van der Waals surface area contributed by atoms with Crippen molar-refractivity contribution in [1.82, 2.24) is 0 Å². The van der Waals surface area contributed by atoms with Crippen LogP contribution in [0.3, 0.4) is 0 Å². The lowest BCUT2D eigenvalue weighted by atomic mass is 10.2. The summed E-state index contributed by atoms with van der Waals surface area (Å²) in [5.41, 5.74) is 0.793. The lowest BCUT2D eigenvalue weighted by molar-refractivity contribution is -0.372. The van der Waals surface area contributed by atoms with Crippen LogP contribution in [-0.2, 0) is 25.5 Å². The normalized spacial score (nSPS) is 17.7. The van der Waals surface area contributed by atoms with Crippen molar-refractivity contribution in [3.8, 4) is 0 Å². The lowest BCUT2D eigenvalue weighted by Gasteiger charge is -2.07. The van der Waals surface area contributed by atoms with Crippen molar-refractivity contribution in [2.45, 2.75) is 25.7 Å². The van der Waals surface area contributed by atoms with Crippen molar-refractivity contribution in [3.05, 3.63) is 35.9 Å². The van der Waals surface area contributed by atoms with E-state index in [2.05, 4.69) is 6.92 Å². The average Bonchev–Trinajstić information content (AvgIpc) is 3.07. The van der Waals surface area contributed by atoms with Gasteiger partial charge in [-0.25, -0.2) is 4.89 Å². The van der Waals surface area contributed by atoms with Crippen molar-refractivity contribution in [2.75, 3.05) is 6.61 Å². The van der Waals surface area contributed by atoms with E-state index in [0.717, 1.165) is 18.4 Å². The molecule has 1 aliphatic rings. The van der Waals surface area contributed by atoms with Crippen LogP contribution in [0.4, 0.5) is 0 Å². The predicted molar refractivity (Wildman–Crippen MR) is 52.2 cm³/mol. The highest BCUT2D eigenvalue weighted by atomic mass is 17.5. The van der Waals surface area contributed by atoms with Crippen LogP contribution in [0.5, 0.6) is 0 Å². The van der Waals surface area contributed by atoms with Gasteiger partial charge in [0, 0.05) is 5.56 Å². The Bertz CT molecular complexity index is 295. The molecule has 0 amide bonds. The number of rotatable bonds is 6. The first-order chi connectivity index (χ1) is 7.37. The van der Waals surface area contributed by atoms with Crippen molar-refractivity contribution < 1.29 is 19.6 Å². The molecule has 4 heteroatoms. The van der Waals surface area contributed by atoms with E-state index in [4.69, 9.17) is 19.6 Å². The molecule has 0 radical (unpaired) electrons. The van der Waals surface area contributed by atoms with E-state index in [-0.39, 0.29) is 0 Å². The van der Waals surface area contributed by atoms with Gasteiger partial charge in [-0.1, -0.05) is 43.7 Å². The Balaban J connectivity index is 1.86. The minimum absolute atomic E-state index is 0.539. The SMILES string of the molecule is CCCCOOC1(c2ccccc2)OO1. The molecule has 0 saturated carbocycles. The van der Waals surface area contributed by atoms with Crippen LogP contribution in [0.2, 0.25) is 0 Å². The highest BCUT2D eigenvalue weighted by Crippen LogP contribution is 2.41. The quantitative estimate of drug-likeness (QED) is 0.313. The Morgan fingerprint density at radius 2 is 1.93 bits per heavy atom. The Morgan fingerprint density at radius 1 is 1.20 bits per heavy atom. The smallest absolute Gasteiger partial charge is 0.231 e. The zero-order valence-electron chi connectivity index (χ0n) is 8.64. The van der Waals surface area contributed by atoms with Gasteiger partial charge in [0.15, 0.2) is 0 Å². The van der Waals surface area contributed by atoms with Crippen LogP contribution < -0.4 is 0 Å². The van der Waals surface area contributed by atoms with E-state index in [1.54, 1.807) is 0 Å². The summed E-state index contributed by atoms with van der Waals surface area (Å²) in [7, 11) is 0. The second-order valence-electron chi connectivity index (χ2n) is 3.35. The largest absolute Gasteiger partial charge is 0.392 e. The zero-order valence-corrected chi connectivity index (χ0v) is 8.64. The van der Waals surface area contributed by atoms with Crippen molar-refractivity contribution in [1.29, 1.82) is 0 Å². The predicted octanol–water partition coefficient (Wildman–Crippen LogP) is 2.51. The molecule has 4 nitrogen and oxygen atoms in total. The summed E-state index contributed by atoms with van der Waals surface area (Å²) in [4.78, 5) is 19.7. The summed E-state index contributed by atoms with van der Waals surface area (Å²) in [6, 6.07) is 9.40. The molecule has 1 fully saturated rings. The van der Waals surface area contributed by atoms with Gasteiger partial charge in [-0.15, -0.1) is 0 Å². The minimum atomic E-state index is -1.13. The molecule has 0 spiro atoms. The summed E-state index contributed by atoms with van der Waals surface area (Å²) in [6.07, 6.45) is 2.01. The zero-order chi connectivity index (χ0) is 10.6. The van der Waals surface area contributed by atoms with Gasteiger partial charge < -0.3 is 0 Å². The third kappa shape index (κ3) is 2.54. The molecular weight excluding hydrogens is 196 g/mol. The van der Waals surface area contributed by atoms with E-state index in [0.29, 0.717) is 6.61 Å². The molecule has 0 unspecified atom stereocenters. The summed E-state index contributed by atoms with van der Waals surface area (Å²) < 4.78 is 0. The molecule has 82 valence electrons. The van der Waals surface area contributed by atoms with Crippen molar-refractivity contribution >= 4 is 0 Å². The van der Waals surface area contributed by atoms with Gasteiger partial charge in [-0.05, 0) is 6.42 Å². The Kier molecular flexibility index (Phi) is 3.33. The molecule has 15 heavy (non-hydrogen) atoms. The van der Waals surface area contributed by atoms with Gasteiger partial charge in [-0.2, -0.15) is 14.7 Å². The molecule has 0 aromatic heterocycles. The van der Waals surface area contributed by atoms with Crippen LogP contribution in [0.15, 0.2) is 30.3 Å². The Labute approximate surface area is 88.6 Å². The third-order valence-electron chi connectivity index (χ3n) is 2.11. The maximum Gasteiger partial charge on any atom is 0.392 e. The molecule has 0 atom stereocenters. The highest BCUT2D eigenvalue weighted by molar-refractivity contribution is 5.19. The third-order valence-corrected chi connectivity index (χ3v) is 2.11. The first-order valence-corrected chi connectivity index (χ1v) is 5.10. The van der Waals surface area contributed by atoms with Crippen molar-refractivity contribution in [2.24, 2.45) is 0 Å². The number of hydrogen-bond acceptors (Lipinski definition) is 4. The van der Waals surface area contributed by atoms with Crippen LogP contribution in [0.1, 0.15) is 25.3 Å². The fraction of sp³-hybridized carbons (Fsp3) is 0.455. The monoisotopic (exact) mass is 210 g/mol. The van der Waals surface area contributed by atoms with Gasteiger partial charge in [-0.3, -0.25) is 0 Å². The van der Waals surface area contributed by atoms with Gasteiger partial charge in [0.2, 0.25) is 0 Å². The van der Waals surface area contributed by atoms with Gasteiger partial charge in [0.05, 0.1) is 6.61 Å². The van der Waals surface area contributed by atoms with Gasteiger partial charge in [0.1, 0.15) is 0 Å². The maximum atomic E-state index is 5.08. The van der Waals surface area contributed by atoms with E-state index in [9.17, 15) is 0 Å². The van der Waals surface area contributed by atoms with Crippen molar-refractivity contribution in [3.63, 3.8) is 0 Å². The minimum Gasteiger partial charge on any atom is -0.231 e. The maximum absolute atomic E-state index is 5.08. The molecule has 1 aliphatic heterocycles. The highest BCUT2D eigenvalue weighted by Gasteiger charge is 2.54. The number of benzene rings is 1. The first-order valence-electron chi connectivity index (χ1n) is 5.10. The molecule has 0 aliphatic carbocycles. The standard InChI is InChI=1S/C11H14O4/c1-2-3-9-12-13-11(14-15-11)10-7-5-4-6-8-10/h4-8H,2-3,9H2,1H3. The molecule has 2 rings (SSSR count). The van der Waals surface area contributed by atoms with Crippen LogP contribution in [0.25, 0.3) is 0 Å².